The molecule has 2 heterocycles. The zero-order valence-electron chi connectivity index (χ0n) is 52.8. The molecule has 0 atom stereocenters. The maximum absolute atomic E-state index is 14.8. The smallest absolute Gasteiger partial charge is 0.259 e. The number of phenols is 1. The monoisotopic (exact) mass is 1240 g/mol. The molecule has 14 bridgehead atoms. The molecule has 0 saturated heterocycles. The van der Waals surface area contributed by atoms with E-state index in [1.54, 1.807) is 132 Å². The second-order valence-electron chi connectivity index (χ2n) is 23.1. The molecule has 2 aliphatic rings. The minimum absolute atomic E-state index is 0.141. The topological polar surface area (TPSA) is 271 Å². The van der Waals surface area contributed by atoms with Gasteiger partial charge in [0.1, 0.15) is 18.0 Å². The van der Waals surface area contributed by atoms with Crippen LogP contribution in [0.15, 0.2) is 103 Å². The largest absolute Gasteiger partial charge is 0.506 e. The van der Waals surface area contributed by atoms with E-state index in [-0.39, 0.29) is 90.1 Å². The van der Waals surface area contributed by atoms with E-state index in [1.807, 2.05) is 0 Å². The van der Waals surface area contributed by atoms with Crippen LogP contribution >= 0.6 is 0 Å². The lowest BCUT2D eigenvalue weighted by atomic mass is 10.0. The maximum Gasteiger partial charge on any atom is 0.259 e. The van der Waals surface area contributed by atoms with Gasteiger partial charge in [0.05, 0.1) is 33.4 Å². The van der Waals surface area contributed by atoms with Crippen molar-refractivity contribution in [2.75, 3.05) is 42.5 Å². The first-order valence-electron chi connectivity index (χ1n) is 29.2. The third kappa shape index (κ3) is 13.8. The molecule has 0 spiro atoms. The Morgan fingerprint density at radius 2 is 0.473 bits per heavy atom. The number of rotatable bonds is 0. The van der Waals surface area contributed by atoms with Gasteiger partial charge < -0.3 is 57.1 Å². The lowest BCUT2D eigenvalue weighted by Gasteiger charge is -2.18. The van der Waals surface area contributed by atoms with E-state index in [9.17, 15) is 43.5 Å². The van der Waals surface area contributed by atoms with Gasteiger partial charge in [-0.2, -0.15) is 0 Å². The van der Waals surface area contributed by atoms with E-state index in [0.717, 1.165) is 0 Å². The maximum atomic E-state index is 14.8. The van der Waals surface area contributed by atoms with Gasteiger partial charge in [0.2, 0.25) is 0 Å². The van der Waals surface area contributed by atoms with Crippen molar-refractivity contribution in [3.63, 3.8) is 0 Å². The molecule has 0 fully saturated rings. The fraction of sp³-hybridized carbons (Fsp3) is 0.162. The average molecular weight is 1240 g/mol. The number of anilines is 8. The SMILES string of the molecule is Cc1cc2cc(c1)C(=O)Nc1cc(c(C)cc1C)NC(=O)c1cc(C)cc3c1OC#CC#CC#COc1c(cc(C)cc1C(=O)Nc1cc(c(C)cc1C)NC(=O)c1cc(C)cc(c1O)C(=O)Nc1cc(c(C)cc1C)NC3=O)C(=O)Nc1cc(c(C)cc1C)NC2=O. The second-order valence-corrected chi connectivity index (χ2v) is 23.1. The fourth-order valence-corrected chi connectivity index (χ4v) is 10.9. The van der Waals surface area contributed by atoms with Gasteiger partial charge in [0, 0.05) is 80.3 Å². The van der Waals surface area contributed by atoms with Crippen molar-refractivity contribution in [1.29, 1.82) is 0 Å². The lowest BCUT2D eigenvalue weighted by Crippen LogP contribution is -2.20. The van der Waals surface area contributed by atoms with Crippen molar-refractivity contribution in [3.05, 3.63) is 214 Å². The average Bonchev–Trinajstić information content (AvgIpc) is 1.08. The van der Waals surface area contributed by atoms with Gasteiger partial charge in [-0.15, -0.1) is 0 Å². The van der Waals surface area contributed by atoms with E-state index in [4.69, 9.17) is 9.47 Å². The fourth-order valence-electron chi connectivity index (χ4n) is 10.9. The summed E-state index contributed by atoms with van der Waals surface area (Å²) in [6.07, 6.45) is 4.95. The molecule has 8 amide bonds. The molecule has 8 aromatic rings. The van der Waals surface area contributed by atoms with E-state index >= 15 is 0 Å². The molecule has 19 nitrogen and oxygen atoms in total. The number of carbonyl (C=O) groups excluding carboxylic acids is 8. The highest BCUT2D eigenvalue weighted by atomic mass is 16.5. The van der Waals surface area contributed by atoms with Crippen LogP contribution in [0.3, 0.4) is 0 Å². The highest BCUT2D eigenvalue weighted by Gasteiger charge is 2.28. The van der Waals surface area contributed by atoms with Gasteiger partial charge in [-0.25, -0.2) is 0 Å². The summed E-state index contributed by atoms with van der Waals surface area (Å²) in [5.41, 5.74) is 8.14. The highest BCUT2D eigenvalue weighted by Crippen LogP contribution is 2.36. The summed E-state index contributed by atoms with van der Waals surface area (Å²) in [4.78, 5) is 116. The predicted octanol–water partition coefficient (Wildman–Crippen LogP) is 13.1. The molecule has 93 heavy (non-hydrogen) atoms. The van der Waals surface area contributed by atoms with Crippen LogP contribution in [0, 0.1) is 119 Å². The first-order chi connectivity index (χ1) is 44.2. The number of aromatic hydroxyl groups is 1. The second kappa shape index (κ2) is 26.0. The van der Waals surface area contributed by atoms with Crippen LogP contribution in [0.25, 0.3) is 0 Å². The van der Waals surface area contributed by atoms with Crippen molar-refractivity contribution >= 4 is 92.8 Å². The summed E-state index contributed by atoms with van der Waals surface area (Å²) in [7, 11) is 0. The van der Waals surface area contributed by atoms with Crippen LogP contribution in [0.5, 0.6) is 17.2 Å². The summed E-state index contributed by atoms with van der Waals surface area (Å²) in [6.45, 7) is 20.8. The number of nitrogens with one attached hydrogen (secondary N) is 8. The van der Waals surface area contributed by atoms with Gasteiger partial charge in [0.25, 0.3) is 47.3 Å². The van der Waals surface area contributed by atoms with Crippen LogP contribution in [0.4, 0.5) is 45.5 Å². The molecule has 464 valence electrons. The molecule has 10 rings (SSSR count). The third-order valence-corrected chi connectivity index (χ3v) is 15.7. The van der Waals surface area contributed by atoms with Gasteiger partial charge >= 0.3 is 0 Å². The van der Waals surface area contributed by atoms with Crippen molar-refractivity contribution < 1.29 is 52.9 Å². The quantitative estimate of drug-likeness (QED) is 0.0644. The molecular weight excluding hydrogens is 1180 g/mol. The normalized spacial score (nSPS) is 13.4. The number of carbonyl (C=O) groups is 8. The number of hydrogen-bond donors (Lipinski definition) is 9. The van der Waals surface area contributed by atoms with Crippen LogP contribution in [-0.2, 0) is 0 Å². The van der Waals surface area contributed by atoms with Crippen molar-refractivity contribution in [2.45, 2.75) is 83.1 Å². The molecule has 0 aliphatic carbocycles. The molecule has 8 aromatic carbocycles. The van der Waals surface area contributed by atoms with E-state index in [1.165, 1.54) is 54.6 Å². The van der Waals surface area contributed by atoms with Gasteiger partial charge in [-0.05, 0) is 229 Å². The highest BCUT2D eigenvalue weighted by molar-refractivity contribution is 6.17. The minimum Gasteiger partial charge on any atom is -0.506 e. The predicted molar refractivity (Wildman–Crippen MR) is 358 cm³/mol. The van der Waals surface area contributed by atoms with Crippen LogP contribution in [0.2, 0.25) is 0 Å². The standard InChI is InChI=1S/C74H62N8O11/c1-36-19-48-31-49(20-36)68(85)76-57-33-61(45(10)28-41(57)6)80-72(89)53-24-39(4)26-55-66(53)93-18-16-14-13-15-17-92-65-52(71(88)79-60-32-56(75-67(48)84)40(5)27-44(60)9)23-38(3)25-54(65)73(90)81-62-34-58(42(7)29-46(62)11)77-69(86)50-21-37(2)22-51(64(50)83)70(87)78-59-35-63(82-74(55)91)47(12)30-43(59)8/h19-35,83H,1-12H3,(H,75,84)(H,76,85)(H,77,86)(H,78,87)(H,79,88)(H,80,89)(H,81,90)(H,82,91). The number of ether oxygens (including phenoxy) is 2. The Hall–Kier alpha value is -12.4. The van der Waals surface area contributed by atoms with Crippen LogP contribution in [0.1, 0.15) is 150 Å². The van der Waals surface area contributed by atoms with E-state index in [0.29, 0.717) is 78.1 Å². The van der Waals surface area contributed by atoms with Crippen LogP contribution in [-0.4, -0.2) is 52.4 Å². The Labute approximate surface area is 536 Å². The van der Waals surface area contributed by atoms with Crippen molar-refractivity contribution in [3.8, 4) is 53.1 Å². The van der Waals surface area contributed by atoms with E-state index in [2.05, 4.69) is 78.4 Å². The van der Waals surface area contributed by atoms with Crippen LogP contribution < -0.4 is 52.0 Å². The Kier molecular flexibility index (Phi) is 17.8. The third-order valence-electron chi connectivity index (χ3n) is 15.7. The number of amides is 8. The molecule has 0 aromatic heterocycles. The number of benzene rings is 8. The molecule has 0 saturated carbocycles. The zero-order chi connectivity index (χ0) is 66.9. The van der Waals surface area contributed by atoms with E-state index < -0.39 is 53.0 Å². The molecule has 2 aliphatic heterocycles. The minimum atomic E-state index is -0.787. The summed E-state index contributed by atoms with van der Waals surface area (Å²) >= 11 is 0. The lowest BCUT2D eigenvalue weighted by molar-refractivity contribution is 0.100. The summed E-state index contributed by atoms with van der Waals surface area (Å²) in [5, 5.41) is 34.9. The number of fused-ring (bicyclic) bond motifs is 16. The molecule has 19 heteroatoms. The number of hydrogen-bond acceptors (Lipinski definition) is 11. The molecular formula is C74H62N8O11. The molecule has 0 unspecified atom stereocenters. The Morgan fingerprint density at radius 3 is 0.731 bits per heavy atom. The summed E-state index contributed by atoms with van der Waals surface area (Å²) in [6, 6.07) is 26.7. The number of phenolic OH excluding ortho intramolecular Hbond substituents is 1. The first kappa shape index (κ1) is 63.6. The van der Waals surface area contributed by atoms with Crippen molar-refractivity contribution in [1.82, 2.24) is 0 Å². The van der Waals surface area contributed by atoms with Gasteiger partial charge in [0.15, 0.2) is 11.5 Å². The van der Waals surface area contributed by atoms with Crippen molar-refractivity contribution in [2.24, 2.45) is 0 Å². The Balaban J connectivity index is 1.16. The summed E-state index contributed by atoms with van der Waals surface area (Å²) in [5.74, 6) is 3.24. The summed E-state index contributed by atoms with van der Waals surface area (Å²) < 4.78 is 12.1. The first-order valence-corrected chi connectivity index (χ1v) is 29.2. The molecule has 0 radical (unpaired) electrons. The molecule has 9 N–H and O–H groups in total. The van der Waals surface area contributed by atoms with Gasteiger partial charge in [-0.3, -0.25) is 38.4 Å². The van der Waals surface area contributed by atoms with Gasteiger partial charge in [-0.1, -0.05) is 24.3 Å². The zero-order valence-corrected chi connectivity index (χ0v) is 52.8. The Bertz CT molecular complexity index is 4580. The number of aryl methyl sites for hydroxylation is 12. The Morgan fingerprint density at radius 1 is 0.258 bits per heavy atom.